The molecule has 0 aromatic heterocycles. The normalized spacial score (nSPS) is 11.0. The molecule has 174 valence electrons. The summed E-state index contributed by atoms with van der Waals surface area (Å²) in [6.45, 7) is 0.829. The summed E-state index contributed by atoms with van der Waals surface area (Å²) in [5.74, 6) is -0.154. The summed E-state index contributed by atoms with van der Waals surface area (Å²) < 4.78 is 37.3. The summed E-state index contributed by atoms with van der Waals surface area (Å²) in [5, 5.41) is 2.71. The van der Waals surface area contributed by atoms with Gasteiger partial charge in [0.25, 0.3) is 15.9 Å². The number of likely N-dealkylation sites (N-methyl/N-ethyl adjacent to an activating group) is 1. The van der Waals surface area contributed by atoms with Crippen molar-refractivity contribution in [1.29, 1.82) is 0 Å². The Bertz CT molecular complexity index is 1020. The van der Waals surface area contributed by atoms with E-state index in [2.05, 4.69) is 5.32 Å². The number of nitrogens with one attached hydrogen (secondary N) is 1. The largest absolute Gasteiger partial charge is 0.497 e. The zero-order chi connectivity index (χ0) is 23.7. The van der Waals surface area contributed by atoms with Gasteiger partial charge in [-0.2, -0.15) is 0 Å². The van der Waals surface area contributed by atoms with Crippen molar-refractivity contribution in [2.24, 2.45) is 0 Å². The SMILES string of the molecule is COCCCNC(=O)CN(C)C(=O)c1cccc(S(=O)(=O)N(C)c2ccc(OC)cc2)c1. The number of sulfonamides is 1. The highest BCUT2D eigenvalue weighted by Crippen LogP contribution is 2.25. The predicted octanol–water partition coefficient (Wildman–Crippen LogP) is 1.75. The second-order valence-electron chi connectivity index (χ2n) is 7.06. The number of anilines is 1. The van der Waals surface area contributed by atoms with Gasteiger partial charge in [-0.3, -0.25) is 13.9 Å². The van der Waals surface area contributed by atoms with Crippen LogP contribution in [0.25, 0.3) is 0 Å². The van der Waals surface area contributed by atoms with E-state index >= 15 is 0 Å². The number of benzene rings is 2. The van der Waals surface area contributed by atoms with E-state index in [1.807, 2.05) is 0 Å². The van der Waals surface area contributed by atoms with Gasteiger partial charge in [0.2, 0.25) is 5.91 Å². The summed E-state index contributed by atoms with van der Waals surface area (Å²) in [5.41, 5.74) is 0.619. The number of ether oxygens (including phenoxy) is 2. The molecule has 0 aliphatic carbocycles. The molecule has 0 heterocycles. The second kappa shape index (κ2) is 11.5. The van der Waals surface area contributed by atoms with Gasteiger partial charge in [-0.25, -0.2) is 8.42 Å². The average molecular weight is 464 g/mol. The molecule has 2 aromatic carbocycles. The monoisotopic (exact) mass is 463 g/mol. The summed E-state index contributed by atoms with van der Waals surface area (Å²) in [6, 6.07) is 12.3. The molecular weight excluding hydrogens is 434 g/mol. The minimum Gasteiger partial charge on any atom is -0.497 e. The summed E-state index contributed by atoms with van der Waals surface area (Å²) in [7, 11) is 2.13. The highest BCUT2D eigenvalue weighted by atomic mass is 32.2. The van der Waals surface area contributed by atoms with E-state index < -0.39 is 15.9 Å². The van der Waals surface area contributed by atoms with Gasteiger partial charge in [0.1, 0.15) is 5.75 Å². The van der Waals surface area contributed by atoms with Gasteiger partial charge in [-0.05, 0) is 48.9 Å². The number of amides is 2. The quantitative estimate of drug-likeness (QED) is 0.509. The van der Waals surface area contributed by atoms with E-state index in [1.165, 1.54) is 50.4 Å². The molecule has 0 aliphatic rings. The molecule has 0 spiro atoms. The molecule has 2 aromatic rings. The molecule has 9 nitrogen and oxygen atoms in total. The average Bonchev–Trinajstić information content (AvgIpc) is 2.81. The van der Waals surface area contributed by atoms with Crippen LogP contribution >= 0.6 is 0 Å². The highest BCUT2D eigenvalue weighted by Gasteiger charge is 2.23. The second-order valence-corrected chi connectivity index (χ2v) is 9.03. The summed E-state index contributed by atoms with van der Waals surface area (Å²) in [6.07, 6.45) is 0.668. The van der Waals surface area contributed by atoms with E-state index in [-0.39, 0.29) is 22.9 Å². The van der Waals surface area contributed by atoms with Gasteiger partial charge in [0.05, 0.1) is 24.2 Å². The molecule has 32 heavy (non-hydrogen) atoms. The fourth-order valence-electron chi connectivity index (χ4n) is 2.89. The Morgan fingerprint density at radius 1 is 1.03 bits per heavy atom. The zero-order valence-corrected chi connectivity index (χ0v) is 19.5. The van der Waals surface area contributed by atoms with Gasteiger partial charge < -0.3 is 19.7 Å². The van der Waals surface area contributed by atoms with Crippen LogP contribution in [0.2, 0.25) is 0 Å². The topological polar surface area (TPSA) is 105 Å². The number of nitrogens with zero attached hydrogens (tertiary/aromatic N) is 2. The van der Waals surface area contributed by atoms with Crippen molar-refractivity contribution in [2.45, 2.75) is 11.3 Å². The molecule has 0 bridgehead atoms. The van der Waals surface area contributed by atoms with Crippen LogP contribution < -0.4 is 14.4 Å². The van der Waals surface area contributed by atoms with Crippen molar-refractivity contribution in [2.75, 3.05) is 52.3 Å². The first kappa shape index (κ1) is 25.2. The molecular formula is C22H29N3O6S. The van der Waals surface area contributed by atoms with E-state index in [1.54, 1.807) is 31.4 Å². The first-order valence-corrected chi connectivity index (χ1v) is 11.4. The zero-order valence-electron chi connectivity index (χ0n) is 18.7. The number of methoxy groups -OCH3 is 2. The van der Waals surface area contributed by atoms with Gasteiger partial charge in [0.15, 0.2) is 0 Å². The molecule has 1 N–H and O–H groups in total. The van der Waals surface area contributed by atoms with E-state index in [0.29, 0.717) is 31.0 Å². The van der Waals surface area contributed by atoms with Gasteiger partial charge in [-0.1, -0.05) is 6.07 Å². The van der Waals surface area contributed by atoms with Gasteiger partial charge >= 0.3 is 0 Å². The van der Waals surface area contributed by atoms with Crippen LogP contribution in [0.4, 0.5) is 5.69 Å². The maximum absolute atomic E-state index is 13.1. The lowest BCUT2D eigenvalue weighted by Gasteiger charge is -2.21. The van der Waals surface area contributed by atoms with Crippen LogP contribution in [-0.4, -0.2) is 73.1 Å². The van der Waals surface area contributed by atoms with E-state index in [9.17, 15) is 18.0 Å². The molecule has 0 radical (unpaired) electrons. The minimum atomic E-state index is -3.90. The van der Waals surface area contributed by atoms with Crippen LogP contribution in [0.5, 0.6) is 5.75 Å². The predicted molar refractivity (Wildman–Crippen MR) is 121 cm³/mol. The summed E-state index contributed by atoms with van der Waals surface area (Å²) >= 11 is 0. The van der Waals surface area contributed by atoms with Crippen LogP contribution in [-0.2, 0) is 19.6 Å². The Kier molecular flexibility index (Phi) is 9.03. The standard InChI is InChI=1S/C22H29N3O6S/c1-24(16-21(26)23-13-6-14-30-3)22(27)17-7-5-8-20(15-17)32(28,29)25(2)18-9-11-19(31-4)12-10-18/h5,7-12,15H,6,13-14,16H2,1-4H3,(H,23,26). The third-order valence-corrected chi connectivity index (χ3v) is 6.53. The number of hydrogen-bond acceptors (Lipinski definition) is 6. The Balaban J connectivity index is 2.12. The van der Waals surface area contributed by atoms with Gasteiger partial charge in [-0.15, -0.1) is 0 Å². The van der Waals surface area contributed by atoms with Crippen molar-refractivity contribution in [3.63, 3.8) is 0 Å². The van der Waals surface area contributed by atoms with E-state index in [0.717, 1.165) is 4.31 Å². The number of hydrogen-bond donors (Lipinski definition) is 1. The molecule has 0 saturated carbocycles. The maximum atomic E-state index is 13.1. The molecule has 10 heteroatoms. The first-order chi connectivity index (χ1) is 15.2. The Labute approximate surface area is 189 Å². The van der Waals surface area contributed by atoms with Gasteiger partial charge in [0, 0.05) is 39.9 Å². The lowest BCUT2D eigenvalue weighted by molar-refractivity contribution is -0.121. The van der Waals surface area contributed by atoms with Crippen LogP contribution in [0, 0.1) is 0 Å². The molecule has 0 saturated heterocycles. The molecule has 0 atom stereocenters. The van der Waals surface area contributed by atoms with E-state index in [4.69, 9.17) is 9.47 Å². The molecule has 2 amide bonds. The minimum absolute atomic E-state index is 0.0286. The van der Waals surface area contributed by atoms with Crippen LogP contribution in [0.15, 0.2) is 53.4 Å². The van der Waals surface area contributed by atoms with Crippen molar-refractivity contribution >= 4 is 27.5 Å². The van der Waals surface area contributed by atoms with Crippen molar-refractivity contribution < 1.29 is 27.5 Å². The third kappa shape index (κ3) is 6.44. The fraction of sp³-hybridized carbons (Fsp3) is 0.364. The fourth-order valence-corrected chi connectivity index (χ4v) is 4.13. The smallest absolute Gasteiger partial charge is 0.264 e. The van der Waals surface area contributed by atoms with Crippen molar-refractivity contribution in [1.82, 2.24) is 10.2 Å². The third-order valence-electron chi connectivity index (χ3n) is 4.75. The number of rotatable bonds is 11. The maximum Gasteiger partial charge on any atom is 0.264 e. The van der Waals surface area contributed by atoms with Crippen LogP contribution in [0.1, 0.15) is 16.8 Å². The van der Waals surface area contributed by atoms with Crippen molar-refractivity contribution in [3.8, 4) is 5.75 Å². The molecule has 0 aliphatic heterocycles. The van der Waals surface area contributed by atoms with Crippen LogP contribution in [0.3, 0.4) is 0 Å². The summed E-state index contributed by atoms with van der Waals surface area (Å²) in [4.78, 5) is 26.0. The molecule has 2 rings (SSSR count). The molecule has 0 fully saturated rings. The molecule has 0 unspecified atom stereocenters. The number of carbonyl (C=O) groups excluding carboxylic acids is 2. The Morgan fingerprint density at radius 3 is 2.34 bits per heavy atom. The number of carbonyl (C=O) groups is 2. The Hall–Kier alpha value is -3.11. The lowest BCUT2D eigenvalue weighted by Crippen LogP contribution is -2.39. The highest BCUT2D eigenvalue weighted by molar-refractivity contribution is 7.92. The Morgan fingerprint density at radius 2 is 1.72 bits per heavy atom. The van der Waals surface area contributed by atoms with Crippen molar-refractivity contribution in [3.05, 3.63) is 54.1 Å². The lowest BCUT2D eigenvalue weighted by atomic mass is 10.2. The first-order valence-electron chi connectivity index (χ1n) is 9.95.